The van der Waals surface area contributed by atoms with Crippen molar-refractivity contribution < 1.29 is 19.0 Å². The largest absolute Gasteiger partial charge is 0.515 e. The Kier molecular flexibility index (Phi) is 3.23. The van der Waals surface area contributed by atoms with E-state index < -0.39 is 11.8 Å². The molecule has 1 N–H and O–H groups in total. The zero-order valence-corrected chi connectivity index (χ0v) is 7.53. The molecular formula is C10H9FO3. The average Bonchev–Trinajstić information content (AvgIpc) is 2.19. The van der Waals surface area contributed by atoms with E-state index in [1.165, 1.54) is 25.3 Å². The van der Waals surface area contributed by atoms with Gasteiger partial charge in [-0.05, 0) is 17.7 Å². The lowest BCUT2D eigenvalue weighted by Gasteiger charge is -2.03. The molecule has 1 aromatic carbocycles. The number of methoxy groups -OCH3 is 1. The summed E-state index contributed by atoms with van der Waals surface area (Å²) in [6.07, 6.45) is 0.598. The van der Waals surface area contributed by atoms with Gasteiger partial charge in [-0.3, -0.25) is 0 Å². The van der Waals surface area contributed by atoms with Gasteiger partial charge in [-0.25, -0.2) is 9.18 Å². The monoisotopic (exact) mass is 196 g/mol. The average molecular weight is 196 g/mol. The van der Waals surface area contributed by atoms with Gasteiger partial charge in [-0.2, -0.15) is 0 Å². The summed E-state index contributed by atoms with van der Waals surface area (Å²) in [5, 5.41) is 8.79. The fraction of sp³-hybridized carbons (Fsp3) is 0.100. The maximum Gasteiger partial charge on any atom is 0.341 e. The summed E-state index contributed by atoms with van der Waals surface area (Å²) < 4.78 is 17.2. The maximum absolute atomic E-state index is 12.8. The lowest BCUT2D eigenvalue weighted by atomic mass is 10.1. The smallest absolute Gasteiger partial charge is 0.341 e. The molecule has 0 aliphatic rings. The van der Waals surface area contributed by atoms with Crippen molar-refractivity contribution in [3.8, 4) is 0 Å². The van der Waals surface area contributed by atoms with Crippen molar-refractivity contribution in [1.29, 1.82) is 0 Å². The molecule has 0 atom stereocenters. The normalized spacial score (nSPS) is 11.1. The van der Waals surface area contributed by atoms with E-state index in [1.54, 1.807) is 0 Å². The van der Waals surface area contributed by atoms with Crippen LogP contribution in [0.4, 0.5) is 4.39 Å². The van der Waals surface area contributed by atoms with E-state index in [0.717, 1.165) is 6.07 Å². The van der Waals surface area contributed by atoms with Crippen LogP contribution < -0.4 is 0 Å². The number of halogens is 1. The second-order valence-electron chi connectivity index (χ2n) is 2.54. The van der Waals surface area contributed by atoms with Crippen molar-refractivity contribution in [3.05, 3.63) is 41.9 Å². The molecule has 0 saturated heterocycles. The highest BCUT2D eigenvalue weighted by Gasteiger charge is 2.12. The van der Waals surface area contributed by atoms with E-state index in [4.69, 9.17) is 5.11 Å². The molecule has 0 amide bonds. The predicted octanol–water partition coefficient (Wildman–Crippen LogP) is 1.90. The highest BCUT2D eigenvalue weighted by Crippen LogP contribution is 2.16. The molecule has 3 nitrogen and oxygen atoms in total. The van der Waals surface area contributed by atoms with Gasteiger partial charge in [0, 0.05) is 0 Å². The summed E-state index contributed by atoms with van der Waals surface area (Å²) in [5.74, 6) is -1.19. The van der Waals surface area contributed by atoms with E-state index in [9.17, 15) is 9.18 Å². The number of ether oxygens (including phenoxy) is 1. The van der Waals surface area contributed by atoms with Crippen LogP contribution in [0, 0.1) is 5.82 Å². The van der Waals surface area contributed by atoms with Crippen LogP contribution in [-0.2, 0) is 9.53 Å². The minimum atomic E-state index is -0.710. The van der Waals surface area contributed by atoms with Crippen LogP contribution in [0.5, 0.6) is 0 Å². The van der Waals surface area contributed by atoms with Crippen molar-refractivity contribution in [3.63, 3.8) is 0 Å². The maximum atomic E-state index is 12.8. The van der Waals surface area contributed by atoms with Crippen LogP contribution >= 0.6 is 0 Å². The predicted molar refractivity (Wildman–Crippen MR) is 49.0 cm³/mol. The first-order valence-corrected chi connectivity index (χ1v) is 3.87. The Labute approximate surface area is 80.4 Å². The molecule has 0 heterocycles. The van der Waals surface area contributed by atoms with Crippen LogP contribution in [0.1, 0.15) is 5.56 Å². The Hall–Kier alpha value is -1.84. The molecule has 0 bridgehead atoms. The van der Waals surface area contributed by atoms with Gasteiger partial charge in [0.2, 0.25) is 0 Å². The summed E-state index contributed by atoms with van der Waals surface area (Å²) in [7, 11) is 1.19. The zero-order chi connectivity index (χ0) is 10.6. The third-order valence-electron chi connectivity index (χ3n) is 1.67. The summed E-state index contributed by atoms with van der Waals surface area (Å²) in [4.78, 5) is 11.1. The zero-order valence-electron chi connectivity index (χ0n) is 7.53. The lowest BCUT2D eigenvalue weighted by molar-refractivity contribution is -0.133. The first kappa shape index (κ1) is 10.2. The van der Waals surface area contributed by atoms with Gasteiger partial charge in [-0.15, -0.1) is 0 Å². The Bertz CT molecular complexity index is 371. The Morgan fingerprint density at radius 3 is 2.79 bits per heavy atom. The number of carbonyl (C=O) groups excluding carboxylic acids is 1. The molecule has 4 heteroatoms. The first-order chi connectivity index (χ1) is 6.69. The number of esters is 1. The van der Waals surface area contributed by atoms with Gasteiger partial charge in [-0.1, -0.05) is 12.1 Å². The van der Waals surface area contributed by atoms with Gasteiger partial charge in [0.1, 0.15) is 11.4 Å². The molecule has 14 heavy (non-hydrogen) atoms. The Morgan fingerprint density at radius 1 is 1.57 bits per heavy atom. The fourth-order valence-electron chi connectivity index (χ4n) is 1.01. The van der Waals surface area contributed by atoms with Gasteiger partial charge < -0.3 is 9.84 Å². The van der Waals surface area contributed by atoms with Gasteiger partial charge in [0.25, 0.3) is 0 Å². The molecule has 0 unspecified atom stereocenters. The molecule has 0 fully saturated rings. The van der Waals surface area contributed by atoms with Crippen molar-refractivity contribution in [2.24, 2.45) is 0 Å². The number of aliphatic hydroxyl groups is 1. The van der Waals surface area contributed by atoms with Gasteiger partial charge >= 0.3 is 5.97 Å². The number of rotatable bonds is 2. The minimum absolute atomic E-state index is 0.0769. The van der Waals surface area contributed by atoms with Crippen LogP contribution in [0.3, 0.4) is 0 Å². The molecular weight excluding hydrogens is 187 g/mol. The summed E-state index contributed by atoms with van der Waals surface area (Å²) in [6.45, 7) is 0. The number of carbonyl (C=O) groups is 1. The summed E-state index contributed by atoms with van der Waals surface area (Å²) in [6, 6.07) is 5.33. The van der Waals surface area contributed by atoms with E-state index in [2.05, 4.69) is 4.74 Å². The van der Waals surface area contributed by atoms with E-state index in [0.29, 0.717) is 6.26 Å². The molecule has 0 radical (unpaired) electrons. The van der Waals surface area contributed by atoms with Gasteiger partial charge in [0.05, 0.1) is 13.4 Å². The number of hydrogen-bond acceptors (Lipinski definition) is 3. The van der Waals surface area contributed by atoms with Crippen molar-refractivity contribution in [2.75, 3.05) is 7.11 Å². The van der Waals surface area contributed by atoms with Crippen LogP contribution in [0.15, 0.2) is 30.5 Å². The minimum Gasteiger partial charge on any atom is -0.515 e. The van der Waals surface area contributed by atoms with Crippen LogP contribution in [0.25, 0.3) is 5.57 Å². The lowest BCUT2D eigenvalue weighted by Crippen LogP contribution is -2.04. The highest BCUT2D eigenvalue weighted by atomic mass is 19.1. The molecule has 0 saturated carbocycles. The Morgan fingerprint density at radius 2 is 2.29 bits per heavy atom. The second kappa shape index (κ2) is 4.41. The molecule has 0 aliphatic carbocycles. The molecule has 0 aromatic heterocycles. The molecule has 0 spiro atoms. The van der Waals surface area contributed by atoms with Crippen LogP contribution in [0.2, 0.25) is 0 Å². The second-order valence-corrected chi connectivity index (χ2v) is 2.54. The quantitative estimate of drug-likeness (QED) is 0.446. The first-order valence-electron chi connectivity index (χ1n) is 3.87. The highest BCUT2D eigenvalue weighted by molar-refractivity contribution is 6.16. The standard InChI is InChI=1S/C10H9FO3/c1-14-10(13)9(6-12)7-3-2-4-8(11)5-7/h2-6,12H,1H3/b9-6+. The Balaban J connectivity index is 3.08. The third kappa shape index (κ3) is 2.10. The third-order valence-corrected chi connectivity index (χ3v) is 1.67. The number of benzene rings is 1. The number of aliphatic hydroxyl groups excluding tert-OH is 1. The SMILES string of the molecule is COC(=O)/C(=C/O)c1cccc(F)c1. The molecule has 0 aliphatic heterocycles. The van der Waals surface area contributed by atoms with Crippen molar-refractivity contribution >= 4 is 11.5 Å². The van der Waals surface area contributed by atoms with Crippen molar-refractivity contribution in [2.45, 2.75) is 0 Å². The summed E-state index contributed by atoms with van der Waals surface area (Å²) >= 11 is 0. The number of hydrogen-bond donors (Lipinski definition) is 1. The van der Waals surface area contributed by atoms with Gasteiger partial charge in [0.15, 0.2) is 0 Å². The topological polar surface area (TPSA) is 46.5 Å². The molecule has 1 aromatic rings. The van der Waals surface area contributed by atoms with E-state index in [-0.39, 0.29) is 11.1 Å². The van der Waals surface area contributed by atoms with Crippen LogP contribution in [-0.4, -0.2) is 18.2 Å². The molecule has 1 rings (SSSR count). The summed E-state index contributed by atoms with van der Waals surface area (Å²) in [5.41, 5.74) is 0.200. The fourth-order valence-corrected chi connectivity index (χ4v) is 1.01. The van der Waals surface area contributed by atoms with Crippen molar-refractivity contribution in [1.82, 2.24) is 0 Å². The molecule has 74 valence electrons. The van der Waals surface area contributed by atoms with E-state index >= 15 is 0 Å². The van der Waals surface area contributed by atoms with E-state index in [1.807, 2.05) is 0 Å².